The Hall–Kier alpha value is -0.840. The molecule has 0 aliphatic carbocycles. The summed E-state index contributed by atoms with van der Waals surface area (Å²) < 4.78 is 11.2. The van der Waals surface area contributed by atoms with Gasteiger partial charge in [-0.1, -0.05) is 13.8 Å². The van der Waals surface area contributed by atoms with Crippen molar-refractivity contribution >= 4 is 0 Å². The number of methoxy groups -OCH3 is 1. The van der Waals surface area contributed by atoms with Crippen LogP contribution in [0.25, 0.3) is 0 Å². The molecule has 1 unspecified atom stereocenters. The van der Waals surface area contributed by atoms with Crippen LogP contribution in [0.2, 0.25) is 0 Å². The molecule has 0 saturated carbocycles. The number of furan rings is 1. The van der Waals surface area contributed by atoms with Crippen molar-refractivity contribution in [3.8, 4) is 0 Å². The summed E-state index contributed by atoms with van der Waals surface area (Å²) in [5.41, 5.74) is 0. The van der Waals surface area contributed by atoms with E-state index < -0.39 is 0 Å². The van der Waals surface area contributed by atoms with Crippen LogP contribution in [0, 0.1) is 11.8 Å². The molecule has 1 fully saturated rings. The molecule has 1 aromatic heterocycles. The molecule has 0 spiro atoms. The van der Waals surface area contributed by atoms with E-state index in [1.54, 1.807) is 7.11 Å². The number of hydrogen-bond acceptors (Lipinski definition) is 4. The first-order chi connectivity index (χ1) is 10.2. The molecular weight excluding hydrogens is 264 g/mol. The summed E-state index contributed by atoms with van der Waals surface area (Å²) in [6.45, 7) is 10.4. The van der Waals surface area contributed by atoms with Crippen molar-refractivity contribution in [2.24, 2.45) is 11.8 Å². The Balaban J connectivity index is 1.76. The molecule has 2 rings (SSSR count). The van der Waals surface area contributed by atoms with Crippen molar-refractivity contribution in [1.29, 1.82) is 0 Å². The molecule has 1 N–H and O–H groups in total. The van der Waals surface area contributed by atoms with Gasteiger partial charge in [-0.25, -0.2) is 0 Å². The molecule has 0 aromatic carbocycles. The molecule has 2 heterocycles. The molecule has 1 saturated heterocycles. The third-order valence-corrected chi connectivity index (χ3v) is 3.95. The number of likely N-dealkylation sites (tertiary alicyclic amines) is 1. The molecule has 0 radical (unpaired) electrons. The zero-order valence-electron chi connectivity index (χ0n) is 13.7. The number of ether oxygens (including phenoxy) is 1. The lowest BCUT2D eigenvalue weighted by Crippen LogP contribution is -2.36. The predicted octanol–water partition coefficient (Wildman–Crippen LogP) is 2.88. The van der Waals surface area contributed by atoms with E-state index in [4.69, 9.17) is 9.15 Å². The van der Waals surface area contributed by atoms with Gasteiger partial charge in [0.1, 0.15) is 11.5 Å². The molecular formula is C17H30N2O2. The molecule has 1 aliphatic rings. The van der Waals surface area contributed by atoms with Crippen LogP contribution < -0.4 is 5.32 Å². The van der Waals surface area contributed by atoms with Crippen LogP contribution in [0.1, 0.15) is 38.2 Å². The fraction of sp³-hybridized carbons (Fsp3) is 0.765. The predicted molar refractivity (Wildman–Crippen MR) is 85.1 cm³/mol. The van der Waals surface area contributed by atoms with E-state index >= 15 is 0 Å². The summed E-state index contributed by atoms with van der Waals surface area (Å²) in [5, 5.41) is 3.42. The van der Waals surface area contributed by atoms with Crippen molar-refractivity contribution < 1.29 is 9.15 Å². The Morgan fingerprint density at radius 2 is 2.19 bits per heavy atom. The van der Waals surface area contributed by atoms with Gasteiger partial charge >= 0.3 is 0 Å². The van der Waals surface area contributed by atoms with Crippen LogP contribution in [0.4, 0.5) is 0 Å². The lowest BCUT2D eigenvalue weighted by atomic mass is 9.99. The van der Waals surface area contributed by atoms with Gasteiger partial charge in [-0.15, -0.1) is 0 Å². The van der Waals surface area contributed by atoms with Gasteiger partial charge in [-0.2, -0.15) is 0 Å². The Bertz CT molecular complexity index is 401. The Kier molecular flexibility index (Phi) is 6.74. The van der Waals surface area contributed by atoms with Gasteiger partial charge in [-0.05, 0) is 49.9 Å². The van der Waals surface area contributed by atoms with Gasteiger partial charge in [-0.3, -0.25) is 4.90 Å². The first kappa shape index (κ1) is 16.5. The second-order valence-electron chi connectivity index (χ2n) is 6.59. The lowest BCUT2D eigenvalue weighted by Gasteiger charge is -2.31. The molecule has 1 aliphatic heterocycles. The minimum Gasteiger partial charge on any atom is -0.463 e. The van der Waals surface area contributed by atoms with Crippen molar-refractivity contribution in [3.05, 3.63) is 23.7 Å². The van der Waals surface area contributed by atoms with Gasteiger partial charge in [0.05, 0.1) is 19.7 Å². The maximum Gasteiger partial charge on any atom is 0.118 e. The van der Waals surface area contributed by atoms with Gasteiger partial charge < -0.3 is 14.5 Å². The standard InChI is InChI=1S/C17H30N2O2/c1-14(2)9-18-10-16-6-7-17(21-16)12-19-8-4-5-15(11-19)13-20-3/h6-7,14-15,18H,4-5,8-13H2,1-3H3. The third kappa shape index (κ3) is 5.81. The SMILES string of the molecule is COCC1CCCN(Cc2ccc(CNCC(C)C)o2)C1. The smallest absolute Gasteiger partial charge is 0.118 e. The molecule has 0 amide bonds. The second kappa shape index (κ2) is 8.57. The molecule has 1 aromatic rings. The molecule has 4 nitrogen and oxygen atoms in total. The monoisotopic (exact) mass is 294 g/mol. The highest BCUT2D eigenvalue weighted by molar-refractivity contribution is 5.07. The number of hydrogen-bond donors (Lipinski definition) is 1. The summed E-state index contributed by atoms with van der Waals surface area (Å²) in [4.78, 5) is 2.48. The largest absolute Gasteiger partial charge is 0.463 e. The molecule has 120 valence electrons. The van der Waals surface area contributed by atoms with Gasteiger partial charge in [0.2, 0.25) is 0 Å². The quantitative estimate of drug-likeness (QED) is 0.800. The fourth-order valence-corrected chi connectivity index (χ4v) is 2.97. The first-order valence-electron chi connectivity index (χ1n) is 8.17. The summed E-state index contributed by atoms with van der Waals surface area (Å²) in [6, 6.07) is 4.21. The van der Waals surface area contributed by atoms with Crippen LogP contribution in [0.3, 0.4) is 0 Å². The molecule has 0 bridgehead atoms. The average molecular weight is 294 g/mol. The van der Waals surface area contributed by atoms with E-state index in [2.05, 4.69) is 36.2 Å². The topological polar surface area (TPSA) is 37.6 Å². The van der Waals surface area contributed by atoms with E-state index in [1.165, 1.54) is 19.4 Å². The Morgan fingerprint density at radius 3 is 2.95 bits per heavy atom. The number of piperidine rings is 1. The zero-order valence-corrected chi connectivity index (χ0v) is 13.7. The van der Waals surface area contributed by atoms with Crippen LogP contribution in [-0.2, 0) is 17.8 Å². The first-order valence-corrected chi connectivity index (χ1v) is 8.17. The number of nitrogens with zero attached hydrogens (tertiary/aromatic N) is 1. The van der Waals surface area contributed by atoms with Crippen molar-refractivity contribution in [2.45, 2.75) is 39.8 Å². The zero-order chi connectivity index (χ0) is 15.1. The maximum atomic E-state index is 5.93. The Labute approximate surface area is 128 Å². The van der Waals surface area contributed by atoms with Crippen molar-refractivity contribution in [2.75, 3.05) is 33.4 Å². The highest BCUT2D eigenvalue weighted by Gasteiger charge is 2.20. The minimum atomic E-state index is 0.672. The summed E-state index contributed by atoms with van der Waals surface area (Å²) in [7, 11) is 1.79. The normalized spacial score (nSPS) is 20.3. The van der Waals surface area contributed by atoms with Crippen LogP contribution in [0.5, 0.6) is 0 Å². The molecule has 1 atom stereocenters. The van der Waals surface area contributed by atoms with E-state index in [1.807, 2.05) is 0 Å². The van der Waals surface area contributed by atoms with E-state index in [9.17, 15) is 0 Å². The van der Waals surface area contributed by atoms with Crippen LogP contribution in [-0.4, -0.2) is 38.3 Å². The second-order valence-corrected chi connectivity index (χ2v) is 6.59. The molecule has 21 heavy (non-hydrogen) atoms. The van der Waals surface area contributed by atoms with Gasteiger partial charge in [0.25, 0.3) is 0 Å². The Morgan fingerprint density at radius 1 is 1.38 bits per heavy atom. The lowest BCUT2D eigenvalue weighted by molar-refractivity contribution is 0.0838. The average Bonchev–Trinajstić information content (AvgIpc) is 2.87. The highest BCUT2D eigenvalue weighted by Crippen LogP contribution is 2.19. The highest BCUT2D eigenvalue weighted by atomic mass is 16.5. The maximum absolute atomic E-state index is 5.93. The fourth-order valence-electron chi connectivity index (χ4n) is 2.97. The third-order valence-electron chi connectivity index (χ3n) is 3.95. The molecule has 4 heteroatoms. The summed E-state index contributed by atoms with van der Waals surface area (Å²) in [5.74, 6) is 3.46. The van der Waals surface area contributed by atoms with Gasteiger partial charge in [0.15, 0.2) is 0 Å². The van der Waals surface area contributed by atoms with Crippen molar-refractivity contribution in [1.82, 2.24) is 10.2 Å². The number of rotatable bonds is 8. The van der Waals surface area contributed by atoms with E-state index in [0.717, 1.165) is 44.3 Å². The summed E-state index contributed by atoms with van der Waals surface area (Å²) >= 11 is 0. The minimum absolute atomic E-state index is 0.672. The van der Waals surface area contributed by atoms with Crippen LogP contribution >= 0.6 is 0 Å². The number of nitrogens with one attached hydrogen (secondary N) is 1. The van der Waals surface area contributed by atoms with E-state index in [0.29, 0.717) is 11.8 Å². The van der Waals surface area contributed by atoms with Crippen molar-refractivity contribution in [3.63, 3.8) is 0 Å². The van der Waals surface area contributed by atoms with Crippen LogP contribution in [0.15, 0.2) is 16.5 Å². The van der Waals surface area contributed by atoms with Gasteiger partial charge in [0, 0.05) is 13.7 Å². The van der Waals surface area contributed by atoms with E-state index in [-0.39, 0.29) is 0 Å². The summed E-state index contributed by atoms with van der Waals surface area (Å²) in [6.07, 6.45) is 2.55.